The van der Waals surface area contributed by atoms with Gasteiger partial charge in [0.05, 0.1) is 6.26 Å². The molecular weight excluding hydrogens is 195 g/mol. The molecule has 0 unspecified atom stereocenters. The van der Waals surface area contributed by atoms with E-state index in [0.29, 0.717) is 0 Å². The number of hydrogen-bond donors (Lipinski definition) is 1. The molecule has 0 amide bonds. The molecule has 0 heterocycles. The number of nitrogens with one attached hydrogen (secondary N) is 1. The Kier molecular flexibility index (Phi) is 1.92. The van der Waals surface area contributed by atoms with E-state index in [4.69, 9.17) is 0 Å². The Labute approximate surface area is 68.0 Å². The van der Waals surface area contributed by atoms with E-state index in [9.17, 15) is 21.6 Å². The van der Waals surface area contributed by atoms with Crippen LogP contribution in [0.3, 0.4) is 0 Å². The minimum absolute atomic E-state index is 0.163. The molecule has 1 fully saturated rings. The van der Waals surface area contributed by atoms with E-state index < -0.39 is 21.7 Å². The monoisotopic (exact) mass is 203 g/mol. The lowest BCUT2D eigenvalue weighted by Crippen LogP contribution is -2.47. The fourth-order valence-corrected chi connectivity index (χ4v) is 1.95. The standard InChI is InChI=1S/C5H8F3NO2S/c1-12(10,11)9-4(2-3-4)5(6,7)8/h9H,2-3H2,1H3. The molecule has 1 N–H and O–H groups in total. The Balaban J connectivity index is 2.76. The van der Waals surface area contributed by atoms with Crippen LogP contribution in [-0.4, -0.2) is 26.4 Å². The van der Waals surface area contributed by atoms with Crippen molar-refractivity contribution in [3.8, 4) is 0 Å². The number of alkyl halides is 3. The molecule has 7 heteroatoms. The summed E-state index contributed by atoms with van der Waals surface area (Å²) >= 11 is 0. The quantitative estimate of drug-likeness (QED) is 0.715. The maximum absolute atomic E-state index is 12.1. The molecular formula is C5H8F3NO2S. The Morgan fingerprint density at radius 3 is 1.83 bits per heavy atom. The van der Waals surface area contributed by atoms with Crippen molar-refractivity contribution in [1.82, 2.24) is 4.72 Å². The first kappa shape index (κ1) is 9.79. The molecule has 1 rings (SSSR count). The van der Waals surface area contributed by atoms with Crippen LogP contribution in [0.15, 0.2) is 0 Å². The lowest BCUT2D eigenvalue weighted by molar-refractivity contribution is -0.160. The van der Waals surface area contributed by atoms with Gasteiger partial charge < -0.3 is 0 Å². The summed E-state index contributed by atoms with van der Waals surface area (Å²) in [5, 5.41) is 0. The summed E-state index contributed by atoms with van der Waals surface area (Å²) in [5.41, 5.74) is -2.17. The zero-order valence-corrected chi connectivity index (χ0v) is 7.09. The molecule has 1 aliphatic rings. The van der Waals surface area contributed by atoms with Gasteiger partial charge in [-0.15, -0.1) is 0 Å². The third kappa shape index (κ3) is 1.89. The lowest BCUT2D eigenvalue weighted by Gasteiger charge is -2.18. The smallest absolute Gasteiger partial charge is 0.213 e. The largest absolute Gasteiger partial charge is 0.407 e. The third-order valence-corrected chi connectivity index (χ3v) is 2.43. The summed E-state index contributed by atoms with van der Waals surface area (Å²) in [4.78, 5) is 0. The van der Waals surface area contributed by atoms with Crippen LogP contribution in [0.25, 0.3) is 0 Å². The Morgan fingerprint density at radius 2 is 1.75 bits per heavy atom. The fourth-order valence-electron chi connectivity index (χ4n) is 0.923. The first-order valence-corrected chi connectivity index (χ1v) is 5.11. The second kappa shape index (κ2) is 2.35. The van der Waals surface area contributed by atoms with Crippen LogP contribution in [0.5, 0.6) is 0 Å². The number of hydrogen-bond acceptors (Lipinski definition) is 2. The second-order valence-corrected chi connectivity index (χ2v) is 4.70. The van der Waals surface area contributed by atoms with Gasteiger partial charge >= 0.3 is 6.18 Å². The van der Waals surface area contributed by atoms with E-state index in [1.54, 1.807) is 4.72 Å². The summed E-state index contributed by atoms with van der Waals surface area (Å²) < 4.78 is 58.9. The molecule has 72 valence electrons. The van der Waals surface area contributed by atoms with Crippen LogP contribution in [-0.2, 0) is 10.0 Å². The molecule has 12 heavy (non-hydrogen) atoms. The van der Waals surface area contributed by atoms with Gasteiger partial charge in [0.15, 0.2) is 0 Å². The Morgan fingerprint density at radius 1 is 1.33 bits per heavy atom. The van der Waals surface area contributed by atoms with Gasteiger partial charge in [0.2, 0.25) is 10.0 Å². The highest BCUT2D eigenvalue weighted by Gasteiger charge is 2.64. The van der Waals surface area contributed by atoms with Crippen LogP contribution in [0.2, 0.25) is 0 Å². The predicted molar refractivity (Wildman–Crippen MR) is 36.0 cm³/mol. The Bertz CT molecular complexity index is 278. The van der Waals surface area contributed by atoms with E-state index in [1.807, 2.05) is 0 Å². The van der Waals surface area contributed by atoms with Gasteiger partial charge in [0, 0.05) is 0 Å². The van der Waals surface area contributed by atoms with E-state index in [1.165, 1.54) is 0 Å². The highest BCUT2D eigenvalue weighted by atomic mass is 32.2. The van der Waals surface area contributed by atoms with Gasteiger partial charge in [-0.05, 0) is 12.8 Å². The van der Waals surface area contributed by atoms with E-state index >= 15 is 0 Å². The molecule has 0 aliphatic heterocycles. The van der Waals surface area contributed by atoms with E-state index in [-0.39, 0.29) is 12.8 Å². The highest BCUT2D eigenvalue weighted by molar-refractivity contribution is 7.88. The van der Waals surface area contributed by atoms with Crippen LogP contribution in [0, 0.1) is 0 Å². The average molecular weight is 203 g/mol. The molecule has 0 bridgehead atoms. The van der Waals surface area contributed by atoms with Crippen molar-refractivity contribution >= 4 is 10.0 Å². The van der Waals surface area contributed by atoms with Crippen LogP contribution < -0.4 is 4.72 Å². The van der Waals surface area contributed by atoms with Crippen LogP contribution in [0.4, 0.5) is 13.2 Å². The fraction of sp³-hybridized carbons (Fsp3) is 1.00. The Hall–Kier alpha value is -0.300. The summed E-state index contributed by atoms with van der Waals surface area (Å²) in [6, 6.07) is 0. The number of halogens is 3. The first-order valence-electron chi connectivity index (χ1n) is 3.22. The first-order chi connectivity index (χ1) is 5.16. The molecule has 0 aromatic carbocycles. The molecule has 0 aromatic rings. The topological polar surface area (TPSA) is 46.2 Å². The molecule has 0 radical (unpaired) electrons. The van der Waals surface area contributed by atoms with Crippen molar-refractivity contribution < 1.29 is 21.6 Å². The number of rotatable bonds is 2. The van der Waals surface area contributed by atoms with Crippen molar-refractivity contribution in [2.24, 2.45) is 0 Å². The normalized spacial score (nSPS) is 22.3. The van der Waals surface area contributed by atoms with Crippen molar-refractivity contribution in [3.05, 3.63) is 0 Å². The molecule has 3 nitrogen and oxygen atoms in total. The molecule has 0 spiro atoms. The summed E-state index contributed by atoms with van der Waals surface area (Å²) in [6.07, 6.45) is -4.08. The number of sulfonamides is 1. The van der Waals surface area contributed by atoms with Gasteiger partial charge in [-0.2, -0.15) is 13.2 Å². The summed E-state index contributed by atoms with van der Waals surface area (Å²) in [6.45, 7) is 0. The lowest BCUT2D eigenvalue weighted by atomic mass is 10.3. The minimum Gasteiger partial charge on any atom is -0.213 e. The van der Waals surface area contributed by atoms with Crippen LogP contribution in [0.1, 0.15) is 12.8 Å². The minimum atomic E-state index is -4.48. The van der Waals surface area contributed by atoms with Crippen molar-refractivity contribution in [3.63, 3.8) is 0 Å². The van der Waals surface area contributed by atoms with E-state index in [0.717, 1.165) is 6.26 Å². The SMILES string of the molecule is CS(=O)(=O)NC1(C(F)(F)F)CC1. The van der Waals surface area contributed by atoms with Crippen molar-refractivity contribution in [2.45, 2.75) is 24.6 Å². The zero-order valence-electron chi connectivity index (χ0n) is 6.27. The van der Waals surface area contributed by atoms with Gasteiger partial charge in [-0.25, -0.2) is 13.1 Å². The van der Waals surface area contributed by atoms with Gasteiger partial charge in [0.1, 0.15) is 5.54 Å². The summed E-state index contributed by atoms with van der Waals surface area (Å²) in [7, 11) is -3.77. The van der Waals surface area contributed by atoms with Crippen molar-refractivity contribution in [1.29, 1.82) is 0 Å². The molecule has 0 saturated heterocycles. The summed E-state index contributed by atoms with van der Waals surface area (Å²) in [5.74, 6) is 0. The van der Waals surface area contributed by atoms with Gasteiger partial charge in [0.25, 0.3) is 0 Å². The van der Waals surface area contributed by atoms with Gasteiger partial charge in [-0.3, -0.25) is 0 Å². The molecule has 0 atom stereocenters. The van der Waals surface area contributed by atoms with E-state index in [2.05, 4.69) is 0 Å². The maximum Gasteiger partial charge on any atom is 0.407 e. The van der Waals surface area contributed by atoms with Crippen molar-refractivity contribution in [2.75, 3.05) is 6.26 Å². The molecule has 0 aromatic heterocycles. The highest BCUT2D eigenvalue weighted by Crippen LogP contribution is 2.49. The van der Waals surface area contributed by atoms with Gasteiger partial charge in [-0.1, -0.05) is 0 Å². The zero-order chi connectivity index (χ0) is 9.62. The predicted octanol–water partition coefficient (Wildman–Crippen LogP) is 0.630. The second-order valence-electron chi connectivity index (χ2n) is 2.95. The molecule has 1 saturated carbocycles. The third-order valence-electron chi connectivity index (χ3n) is 1.67. The maximum atomic E-state index is 12.1. The van der Waals surface area contributed by atoms with Crippen LogP contribution >= 0.6 is 0 Å². The molecule has 1 aliphatic carbocycles. The average Bonchev–Trinajstić information content (AvgIpc) is 2.39.